The average Bonchev–Trinajstić information content (AvgIpc) is 4.11. The molecule has 0 aliphatic carbocycles. The van der Waals surface area contributed by atoms with E-state index in [1.54, 1.807) is 98.3 Å². The van der Waals surface area contributed by atoms with Crippen molar-refractivity contribution in [2.75, 3.05) is 76.4 Å². The van der Waals surface area contributed by atoms with Gasteiger partial charge < -0.3 is 38.5 Å². The molecular formula is C59H61ClN12O8S. The minimum Gasteiger partial charge on any atom is -0.494 e. The Balaban J connectivity index is 0.000000240. The molecule has 9 rings (SSSR count). The standard InChI is InChI=1S/C31H33N7O5S.C17H22ClN5O3.C11H4.H2/c1-20-6-8-21(9-7-20)44(40,41)38-13-11-23-22(10-12-33-28(23)38)27-34-24-18-32-19-25(42-5)26(24)29(35-27)36-14-16-37(17-15-36)30(39)43-31(2,3)4;1-17(2,3)26-16(24)23-7-5-22(6-8-23)14-13-11(20-15(18)21-14)9-19-10-12(13)25-4;1-3-5-7-9-11-10-8-6-4-2;/h6-13,18-19H,14-17H2,1-5H3;9-10H,5-8H2,1-4H3;1H,2H3;1H/i;;;1+1. The lowest BCUT2D eigenvalue weighted by Crippen LogP contribution is -2.50. The van der Waals surface area contributed by atoms with Gasteiger partial charge in [-0.25, -0.2) is 41.9 Å². The van der Waals surface area contributed by atoms with E-state index in [2.05, 4.69) is 88.0 Å². The fourth-order valence-corrected chi connectivity index (χ4v) is 9.74. The summed E-state index contributed by atoms with van der Waals surface area (Å²) in [5.74, 6) is 24.8. The van der Waals surface area contributed by atoms with Crippen LogP contribution in [0.2, 0.25) is 5.28 Å². The molecule has 2 saturated heterocycles. The number of anilines is 2. The van der Waals surface area contributed by atoms with Crippen molar-refractivity contribution in [3.63, 3.8) is 0 Å². The molecule has 0 atom stereocenters. The number of carbonyl (C=O) groups excluding carboxylic acids is 2. The Morgan fingerprint density at radius 3 is 1.64 bits per heavy atom. The molecule has 2 aliphatic rings. The van der Waals surface area contributed by atoms with Gasteiger partial charge >= 0.3 is 12.2 Å². The highest BCUT2D eigenvalue weighted by Gasteiger charge is 2.31. The molecule has 0 N–H and O–H groups in total. The second-order valence-corrected chi connectivity index (χ2v) is 22.0. The van der Waals surface area contributed by atoms with Crippen LogP contribution in [0, 0.1) is 66.6 Å². The third-order valence-corrected chi connectivity index (χ3v) is 13.8. The second-order valence-electron chi connectivity index (χ2n) is 19.9. The van der Waals surface area contributed by atoms with Gasteiger partial charge in [0.1, 0.15) is 34.3 Å². The number of hydrogen-bond donors (Lipinski definition) is 0. The number of pyridine rings is 3. The van der Waals surface area contributed by atoms with E-state index in [0.717, 1.165) is 10.9 Å². The Morgan fingerprint density at radius 1 is 0.654 bits per heavy atom. The number of carbonyl (C=O) groups is 2. The van der Waals surface area contributed by atoms with E-state index in [9.17, 15) is 18.0 Å². The summed E-state index contributed by atoms with van der Waals surface area (Å²) in [5, 5.41) is 2.19. The van der Waals surface area contributed by atoms with Crippen molar-refractivity contribution >= 4 is 78.3 Å². The summed E-state index contributed by atoms with van der Waals surface area (Å²) in [5.41, 5.74) is 1.94. The fourth-order valence-electron chi connectivity index (χ4n) is 8.27. The second kappa shape index (κ2) is 26.1. The van der Waals surface area contributed by atoms with Crippen molar-refractivity contribution in [2.45, 2.75) is 71.5 Å². The van der Waals surface area contributed by atoms with Crippen LogP contribution in [0.4, 0.5) is 21.2 Å². The van der Waals surface area contributed by atoms with Crippen LogP contribution in [0.1, 0.15) is 55.5 Å². The van der Waals surface area contributed by atoms with E-state index >= 15 is 0 Å². The zero-order chi connectivity index (χ0) is 58.5. The Kier molecular flexibility index (Phi) is 19.1. The van der Waals surface area contributed by atoms with E-state index in [4.69, 9.17) is 46.9 Å². The third-order valence-electron chi connectivity index (χ3n) is 11.9. The molecule has 2 aliphatic heterocycles. The first-order chi connectivity index (χ1) is 38.7. The molecule has 81 heavy (non-hydrogen) atoms. The van der Waals surface area contributed by atoms with Gasteiger partial charge in [0.05, 0.1) is 65.7 Å². The van der Waals surface area contributed by atoms with Gasteiger partial charge in [0, 0.05) is 77.1 Å². The number of methoxy groups -OCH3 is 2. The van der Waals surface area contributed by atoms with Gasteiger partial charge in [-0.1, -0.05) is 23.6 Å². The number of halogens is 1. The summed E-state index contributed by atoms with van der Waals surface area (Å²) in [4.78, 5) is 64.0. The summed E-state index contributed by atoms with van der Waals surface area (Å²) in [6.07, 6.45) is 13.8. The van der Waals surface area contributed by atoms with Gasteiger partial charge in [0.25, 0.3) is 10.0 Å². The van der Waals surface area contributed by atoms with Crippen LogP contribution >= 0.6 is 11.6 Å². The molecule has 0 unspecified atom stereocenters. The predicted octanol–water partition coefficient (Wildman–Crippen LogP) is 8.30. The number of aromatic nitrogens is 8. The maximum absolute atomic E-state index is 13.6. The monoisotopic (exact) mass is 1130 g/mol. The average molecular weight is 1130 g/mol. The third kappa shape index (κ3) is 14.9. The summed E-state index contributed by atoms with van der Waals surface area (Å²) in [6.45, 7) is 18.9. The number of ether oxygens (including phenoxy) is 4. The Hall–Kier alpha value is -9.33. The molecule has 0 saturated carbocycles. The van der Waals surface area contributed by atoms with Gasteiger partial charge in [-0.3, -0.25) is 9.97 Å². The van der Waals surface area contributed by atoms with Crippen molar-refractivity contribution in [1.29, 1.82) is 0 Å². The van der Waals surface area contributed by atoms with Gasteiger partial charge in [-0.2, -0.15) is 4.98 Å². The number of terminal acetylenes is 1. The highest BCUT2D eigenvalue weighted by atomic mass is 35.5. The Bertz CT molecular complexity index is 3910. The van der Waals surface area contributed by atoms with Crippen molar-refractivity contribution in [1.82, 2.24) is 48.7 Å². The summed E-state index contributed by atoms with van der Waals surface area (Å²) < 4.78 is 50.3. The highest BCUT2D eigenvalue weighted by molar-refractivity contribution is 7.90. The lowest BCUT2D eigenvalue weighted by molar-refractivity contribution is 0.0230. The molecular weight excluding hydrogens is 1070 g/mol. The number of nitrogens with zero attached hydrogens (tertiary/aromatic N) is 12. The van der Waals surface area contributed by atoms with Crippen molar-refractivity contribution in [3.8, 4) is 82.6 Å². The number of hydrogen-bond acceptors (Lipinski definition) is 17. The lowest BCUT2D eigenvalue weighted by Gasteiger charge is -2.36. The van der Waals surface area contributed by atoms with Gasteiger partial charge in [-0.05, 0) is 139 Å². The van der Waals surface area contributed by atoms with Crippen LogP contribution in [0.5, 0.6) is 11.5 Å². The fraction of sp³-hybridized carbons (Fsp3) is 0.339. The first-order valence-electron chi connectivity index (χ1n) is 25.3. The van der Waals surface area contributed by atoms with Crippen LogP contribution in [-0.4, -0.2) is 147 Å². The zero-order valence-electron chi connectivity index (χ0n) is 46.6. The van der Waals surface area contributed by atoms with E-state index in [1.165, 1.54) is 10.2 Å². The molecule has 0 bridgehead atoms. The van der Waals surface area contributed by atoms with Gasteiger partial charge in [0.2, 0.25) is 5.28 Å². The van der Waals surface area contributed by atoms with E-state index in [1.807, 2.05) is 48.5 Å². The molecule has 6 aromatic heterocycles. The number of amides is 2. The van der Waals surface area contributed by atoms with Crippen LogP contribution in [0.25, 0.3) is 44.2 Å². The first-order valence-corrected chi connectivity index (χ1v) is 27.1. The molecule has 8 heterocycles. The van der Waals surface area contributed by atoms with Crippen LogP contribution in [-0.2, 0) is 19.5 Å². The Morgan fingerprint density at radius 2 is 1.15 bits per heavy atom. The maximum atomic E-state index is 13.6. The first kappa shape index (κ1) is 59.3. The number of rotatable bonds is 7. The molecule has 2 fully saturated rings. The Labute approximate surface area is 478 Å². The van der Waals surface area contributed by atoms with Gasteiger partial charge in [0.15, 0.2) is 11.5 Å². The summed E-state index contributed by atoms with van der Waals surface area (Å²) in [6, 6.07) is 10.2. The largest absolute Gasteiger partial charge is 0.494 e. The lowest BCUT2D eigenvalue weighted by atomic mass is 10.1. The SMILES string of the molecule is C#CC#CC#CC#CC#CC.COc1cncc2nc(-c3ccnc4c3ccn4S(=O)(=O)c3ccc(C)cc3)nc(N3CCN(C(=O)OC(C)(C)C)CC3)c12.COc1cncc2nc(Cl)nc(N3CCN(C(=O)OC(C)(C)C)CC3)c12.[2HH]. The minimum atomic E-state index is -3.89. The number of benzene rings is 1. The molecule has 7 aromatic rings. The van der Waals surface area contributed by atoms with Crippen LogP contribution < -0.4 is 19.3 Å². The number of fused-ring (bicyclic) bond motifs is 3. The smallest absolute Gasteiger partial charge is 0.410 e. The molecule has 418 valence electrons. The molecule has 0 spiro atoms. The van der Waals surface area contributed by atoms with E-state index in [-0.39, 0.29) is 29.4 Å². The normalized spacial score (nSPS) is 13.2. The maximum Gasteiger partial charge on any atom is 0.410 e. The zero-order valence-corrected chi connectivity index (χ0v) is 48.2. The van der Waals surface area contributed by atoms with Gasteiger partial charge in [-0.15, -0.1) is 6.42 Å². The molecule has 22 heteroatoms. The molecule has 0 radical (unpaired) electrons. The van der Waals surface area contributed by atoms with E-state index < -0.39 is 21.2 Å². The number of piperazine rings is 2. The van der Waals surface area contributed by atoms with E-state index in [0.29, 0.717) is 109 Å². The summed E-state index contributed by atoms with van der Waals surface area (Å²) in [7, 11) is -0.748. The molecule has 2 amide bonds. The topological polar surface area (TPSA) is 213 Å². The highest BCUT2D eigenvalue weighted by Crippen LogP contribution is 2.37. The molecule has 20 nitrogen and oxygen atoms in total. The van der Waals surface area contributed by atoms with Crippen LogP contribution in [0.3, 0.4) is 0 Å². The van der Waals surface area contributed by atoms with Crippen molar-refractivity contribution in [2.24, 2.45) is 0 Å². The van der Waals surface area contributed by atoms with Crippen molar-refractivity contribution in [3.05, 3.63) is 84.4 Å². The molecule has 1 aromatic carbocycles. The summed E-state index contributed by atoms with van der Waals surface area (Å²) >= 11 is 6.09. The van der Waals surface area contributed by atoms with Crippen molar-refractivity contribution < 1.29 is 38.4 Å². The minimum absolute atomic E-state index is 0. The number of aryl methyl sites for hydroxylation is 1. The predicted molar refractivity (Wildman–Crippen MR) is 313 cm³/mol. The quantitative estimate of drug-likeness (QED) is 0.108. The van der Waals surface area contributed by atoms with Crippen LogP contribution in [0.15, 0.2) is 78.5 Å².